The minimum atomic E-state index is -0.342. The number of rotatable bonds is 4. The molecule has 0 aliphatic heterocycles. The maximum Gasteiger partial charge on any atom is 0.124 e. The monoisotopic (exact) mass is 261 g/mol. The highest BCUT2D eigenvalue weighted by Gasteiger charge is 2.14. The van der Waals surface area contributed by atoms with Crippen molar-refractivity contribution in [3.8, 4) is 5.75 Å². The summed E-state index contributed by atoms with van der Waals surface area (Å²) < 4.78 is 13.2. The highest BCUT2D eigenvalue weighted by Crippen LogP contribution is 2.30. The van der Waals surface area contributed by atoms with Gasteiger partial charge in [0.1, 0.15) is 11.6 Å². The zero-order chi connectivity index (χ0) is 12.3. The average Bonchev–Trinajstić information content (AvgIpc) is 2.19. The van der Waals surface area contributed by atoms with Crippen LogP contribution < -0.4 is 5.73 Å². The highest BCUT2D eigenvalue weighted by molar-refractivity contribution is 5.85. The smallest absolute Gasteiger partial charge is 0.124 e. The lowest BCUT2D eigenvalue weighted by molar-refractivity contribution is 0.441. The molecule has 0 heterocycles. The zero-order valence-electron chi connectivity index (χ0n) is 10.5. The molecular weight excluding hydrogens is 241 g/mol. The van der Waals surface area contributed by atoms with Crippen LogP contribution in [0.1, 0.15) is 43.9 Å². The molecule has 17 heavy (non-hydrogen) atoms. The van der Waals surface area contributed by atoms with E-state index in [1.54, 1.807) is 6.92 Å². The summed E-state index contributed by atoms with van der Waals surface area (Å²) in [5.74, 6) is 0.339. The van der Waals surface area contributed by atoms with Crippen molar-refractivity contribution < 1.29 is 9.50 Å². The van der Waals surface area contributed by atoms with Gasteiger partial charge in [-0.25, -0.2) is 4.39 Å². The molecule has 3 N–H and O–H groups in total. The van der Waals surface area contributed by atoms with Crippen LogP contribution in [0.25, 0.3) is 0 Å². The summed E-state index contributed by atoms with van der Waals surface area (Å²) in [5, 5.41) is 9.81. The highest BCUT2D eigenvalue weighted by atomic mass is 35.5. The van der Waals surface area contributed by atoms with E-state index in [0.717, 1.165) is 12.8 Å². The van der Waals surface area contributed by atoms with Gasteiger partial charge in [-0.1, -0.05) is 13.8 Å². The molecule has 98 valence electrons. The van der Waals surface area contributed by atoms with Gasteiger partial charge in [0.15, 0.2) is 0 Å². The summed E-state index contributed by atoms with van der Waals surface area (Å²) in [7, 11) is 0. The molecule has 0 saturated heterocycles. The second-order valence-electron chi connectivity index (χ2n) is 4.74. The summed E-state index contributed by atoms with van der Waals surface area (Å²) >= 11 is 0. The molecule has 1 aromatic carbocycles. The number of halogens is 2. The Hall–Kier alpha value is -0.800. The quantitative estimate of drug-likeness (QED) is 0.868. The molecule has 1 aromatic rings. The molecule has 0 aliphatic rings. The van der Waals surface area contributed by atoms with Gasteiger partial charge in [0.25, 0.3) is 0 Å². The van der Waals surface area contributed by atoms with E-state index in [1.165, 1.54) is 12.1 Å². The average molecular weight is 262 g/mol. The standard InChI is InChI=1S/C13H20FNO.ClH/c1-8(2)4-5-12(15)11-7-10(14)6-9(3)13(11)16;/h6-8,12,16H,4-5,15H2,1-3H3;1H/t12-;/m1./s1. The van der Waals surface area contributed by atoms with Gasteiger partial charge in [-0.15, -0.1) is 12.4 Å². The normalized spacial score (nSPS) is 12.4. The second-order valence-corrected chi connectivity index (χ2v) is 4.74. The van der Waals surface area contributed by atoms with Crippen LogP contribution in [-0.4, -0.2) is 5.11 Å². The fourth-order valence-electron chi connectivity index (χ4n) is 1.71. The number of hydrogen-bond acceptors (Lipinski definition) is 2. The molecule has 0 fully saturated rings. The largest absolute Gasteiger partial charge is 0.507 e. The van der Waals surface area contributed by atoms with Gasteiger partial charge in [0.2, 0.25) is 0 Å². The van der Waals surface area contributed by atoms with E-state index in [2.05, 4.69) is 13.8 Å². The van der Waals surface area contributed by atoms with Crippen molar-refractivity contribution in [3.05, 3.63) is 29.1 Å². The van der Waals surface area contributed by atoms with Crippen LogP contribution >= 0.6 is 12.4 Å². The first kappa shape index (κ1) is 16.2. The molecule has 4 heteroatoms. The van der Waals surface area contributed by atoms with Gasteiger partial charge in [-0.2, -0.15) is 0 Å². The third-order valence-electron chi connectivity index (χ3n) is 2.75. The SMILES string of the molecule is Cc1cc(F)cc([C@H](N)CCC(C)C)c1O.Cl. The summed E-state index contributed by atoms with van der Waals surface area (Å²) in [6.45, 7) is 5.91. The van der Waals surface area contributed by atoms with E-state index < -0.39 is 0 Å². The fourth-order valence-corrected chi connectivity index (χ4v) is 1.71. The second kappa shape index (κ2) is 6.82. The number of nitrogens with two attached hydrogens (primary N) is 1. The van der Waals surface area contributed by atoms with E-state index in [1.807, 2.05) is 0 Å². The first-order valence-electron chi connectivity index (χ1n) is 5.66. The Kier molecular flexibility index (Phi) is 6.50. The first-order valence-corrected chi connectivity index (χ1v) is 5.66. The molecule has 0 bridgehead atoms. The lowest BCUT2D eigenvalue weighted by Gasteiger charge is -2.16. The van der Waals surface area contributed by atoms with Gasteiger partial charge in [0, 0.05) is 11.6 Å². The van der Waals surface area contributed by atoms with E-state index in [9.17, 15) is 9.50 Å². The third kappa shape index (κ3) is 4.52. The van der Waals surface area contributed by atoms with Crippen molar-refractivity contribution in [3.63, 3.8) is 0 Å². The number of aryl methyl sites for hydroxylation is 1. The van der Waals surface area contributed by atoms with Crippen molar-refractivity contribution in [1.82, 2.24) is 0 Å². The third-order valence-corrected chi connectivity index (χ3v) is 2.75. The predicted molar refractivity (Wildman–Crippen MR) is 71.1 cm³/mol. The Morgan fingerprint density at radius 1 is 1.29 bits per heavy atom. The lowest BCUT2D eigenvalue weighted by Crippen LogP contribution is -2.12. The van der Waals surface area contributed by atoms with Crippen LogP contribution in [-0.2, 0) is 0 Å². The maximum absolute atomic E-state index is 13.2. The van der Waals surface area contributed by atoms with Crippen LogP contribution in [0, 0.1) is 18.7 Å². The van der Waals surface area contributed by atoms with Crippen LogP contribution in [0.2, 0.25) is 0 Å². The number of benzene rings is 1. The number of hydrogen-bond donors (Lipinski definition) is 2. The predicted octanol–water partition coefficient (Wildman–Crippen LogP) is 3.70. The Bertz CT molecular complexity index is 369. The van der Waals surface area contributed by atoms with Crippen molar-refractivity contribution in [2.45, 2.75) is 39.7 Å². The van der Waals surface area contributed by atoms with Crippen LogP contribution in [0.15, 0.2) is 12.1 Å². The molecule has 1 atom stereocenters. The van der Waals surface area contributed by atoms with Crippen molar-refractivity contribution in [1.29, 1.82) is 0 Å². The summed E-state index contributed by atoms with van der Waals surface area (Å²) in [4.78, 5) is 0. The Morgan fingerprint density at radius 2 is 1.88 bits per heavy atom. The van der Waals surface area contributed by atoms with Gasteiger partial charge in [-0.05, 0) is 43.4 Å². The van der Waals surface area contributed by atoms with Crippen LogP contribution in [0.3, 0.4) is 0 Å². The molecule has 0 saturated carbocycles. The summed E-state index contributed by atoms with van der Waals surface area (Å²) in [6, 6.07) is 2.35. The molecule has 0 radical (unpaired) electrons. The number of phenolic OH excluding ortho intramolecular Hbond substituents is 1. The molecule has 0 aromatic heterocycles. The summed E-state index contributed by atoms with van der Waals surface area (Å²) in [6.07, 6.45) is 1.73. The molecule has 0 aliphatic carbocycles. The molecule has 0 unspecified atom stereocenters. The molecule has 0 amide bonds. The van der Waals surface area contributed by atoms with Gasteiger partial charge in [-0.3, -0.25) is 0 Å². The number of phenols is 1. The van der Waals surface area contributed by atoms with Gasteiger partial charge >= 0.3 is 0 Å². The van der Waals surface area contributed by atoms with Crippen molar-refractivity contribution >= 4 is 12.4 Å². The Morgan fingerprint density at radius 3 is 2.41 bits per heavy atom. The Labute approximate surface area is 108 Å². The van der Waals surface area contributed by atoms with Crippen molar-refractivity contribution in [2.75, 3.05) is 0 Å². The lowest BCUT2D eigenvalue weighted by atomic mass is 9.96. The van der Waals surface area contributed by atoms with E-state index in [0.29, 0.717) is 17.0 Å². The first-order chi connectivity index (χ1) is 7.41. The Balaban J connectivity index is 0.00000256. The number of aromatic hydroxyl groups is 1. The van der Waals surface area contributed by atoms with Crippen molar-refractivity contribution in [2.24, 2.45) is 11.7 Å². The van der Waals surface area contributed by atoms with Gasteiger partial charge < -0.3 is 10.8 Å². The maximum atomic E-state index is 13.2. The van der Waals surface area contributed by atoms with Crippen LogP contribution in [0.4, 0.5) is 4.39 Å². The molecule has 2 nitrogen and oxygen atoms in total. The fraction of sp³-hybridized carbons (Fsp3) is 0.538. The minimum absolute atomic E-state index is 0. The van der Waals surface area contributed by atoms with E-state index in [4.69, 9.17) is 5.73 Å². The molecular formula is C13H21ClFNO. The zero-order valence-corrected chi connectivity index (χ0v) is 11.4. The van der Waals surface area contributed by atoms with Gasteiger partial charge in [0.05, 0.1) is 0 Å². The summed E-state index contributed by atoms with van der Waals surface area (Å²) in [5.41, 5.74) is 7.00. The molecule has 0 spiro atoms. The topological polar surface area (TPSA) is 46.2 Å². The van der Waals surface area contributed by atoms with Crippen LogP contribution in [0.5, 0.6) is 5.75 Å². The molecule has 1 rings (SSSR count). The van der Waals surface area contributed by atoms with E-state index in [-0.39, 0.29) is 30.0 Å². The van der Waals surface area contributed by atoms with E-state index >= 15 is 0 Å². The minimum Gasteiger partial charge on any atom is -0.507 e.